The first-order valence-electron chi connectivity index (χ1n) is 6.52. The van der Waals surface area contributed by atoms with E-state index in [1.165, 1.54) is 0 Å². The number of benzene rings is 1. The topological polar surface area (TPSA) is 30.5 Å². The summed E-state index contributed by atoms with van der Waals surface area (Å²) in [7, 11) is 3.23. The van der Waals surface area contributed by atoms with Gasteiger partial charge in [-0.15, -0.1) is 0 Å². The third-order valence-electron chi connectivity index (χ3n) is 2.97. The molecule has 1 atom stereocenters. The van der Waals surface area contributed by atoms with Gasteiger partial charge in [-0.1, -0.05) is 6.07 Å². The lowest BCUT2D eigenvalue weighted by molar-refractivity contribution is -0.136. The Balaban J connectivity index is 2.71. The molecule has 0 saturated carbocycles. The van der Waals surface area contributed by atoms with Crippen molar-refractivity contribution in [2.24, 2.45) is 0 Å². The summed E-state index contributed by atoms with van der Waals surface area (Å²) < 4.78 is 48.0. The van der Waals surface area contributed by atoms with Crippen molar-refractivity contribution in [1.29, 1.82) is 0 Å². The van der Waals surface area contributed by atoms with Crippen LogP contribution in [0.15, 0.2) is 22.7 Å². The highest BCUT2D eigenvalue weighted by Gasteiger charge is 2.28. The van der Waals surface area contributed by atoms with Crippen LogP contribution in [0.2, 0.25) is 0 Å². The summed E-state index contributed by atoms with van der Waals surface area (Å²) in [5.74, 6) is 0.640. The summed E-state index contributed by atoms with van der Waals surface area (Å²) in [6, 6.07) is 4.94. The van der Waals surface area contributed by atoms with Gasteiger partial charge in [-0.3, -0.25) is 0 Å². The van der Waals surface area contributed by atoms with Crippen LogP contribution >= 0.6 is 15.9 Å². The fourth-order valence-electron chi connectivity index (χ4n) is 1.87. The van der Waals surface area contributed by atoms with Gasteiger partial charge in [-0.2, -0.15) is 13.2 Å². The number of nitrogens with one attached hydrogen (secondary N) is 1. The number of hydrogen-bond donors (Lipinski definition) is 1. The molecule has 7 heteroatoms. The monoisotopic (exact) mass is 369 g/mol. The van der Waals surface area contributed by atoms with Crippen molar-refractivity contribution in [3.63, 3.8) is 0 Å². The van der Waals surface area contributed by atoms with Gasteiger partial charge >= 0.3 is 6.18 Å². The first-order valence-corrected chi connectivity index (χ1v) is 7.32. The van der Waals surface area contributed by atoms with Gasteiger partial charge in [0.2, 0.25) is 0 Å². The molecule has 0 fully saturated rings. The number of rotatable bonds is 8. The molecular weight excluding hydrogens is 351 g/mol. The highest BCUT2D eigenvalue weighted by molar-refractivity contribution is 9.10. The number of halogens is 4. The van der Waals surface area contributed by atoms with Crippen LogP contribution in [-0.2, 0) is 4.74 Å². The van der Waals surface area contributed by atoms with Gasteiger partial charge in [0.1, 0.15) is 12.4 Å². The lowest BCUT2D eigenvalue weighted by Gasteiger charge is -2.19. The maximum Gasteiger partial charge on any atom is 0.389 e. The molecule has 3 nitrogen and oxygen atoms in total. The molecule has 21 heavy (non-hydrogen) atoms. The predicted molar refractivity (Wildman–Crippen MR) is 78.6 cm³/mol. The molecule has 1 aromatic rings. The third kappa shape index (κ3) is 6.67. The fraction of sp³-hybridized carbons (Fsp3) is 0.571. The molecular formula is C14H19BrF3NO2. The van der Waals surface area contributed by atoms with E-state index in [0.29, 0.717) is 23.4 Å². The van der Waals surface area contributed by atoms with E-state index in [-0.39, 0.29) is 12.5 Å². The molecule has 0 spiro atoms. The summed E-state index contributed by atoms with van der Waals surface area (Å²) in [4.78, 5) is 0. The standard InChI is InChI=1S/C14H19BrF3NO2/c1-19-12(5-6-14(16,17)18)10-3-4-13(11(15)9-10)21-8-7-20-2/h3-4,9,12,19H,5-8H2,1-2H3. The highest BCUT2D eigenvalue weighted by Crippen LogP contribution is 2.32. The Labute approximate surface area is 130 Å². The van der Waals surface area contributed by atoms with Gasteiger partial charge in [-0.05, 0) is 47.1 Å². The zero-order chi connectivity index (χ0) is 15.9. The average Bonchev–Trinajstić information content (AvgIpc) is 2.40. The zero-order valence-corrected chi connectivity index (χ0v) is 13.6. The van der Waals surface area contributed by atoms with E-state index >= 15 is 0 Å². The zero-order valence-electron chi connectivity index (χ0n) is 12.0. The smallest absolute Gasteiger partial charge is 0.389 e. The molecule has 0 heterocycles. The molecule has 0 amide bonds. The molecule has 0 aliphatic carbocycles. The minimum atomic E-state index is -4.14. The quantitative estimate of drug-likeness (QED) is 0.700. The normalized spacial score (nSPS) is 13.2. The second kappa shape index (κ2) is 8.60. The van der Waals surface area contributed by atoms with Crippen molar-refractivity contribution in [1.82, 2.24) is 5.32 Å². The molecule has 0 aromatic heterocycles. The van der Waals surface area contributed by atoms with E-state index in [1.54, 1.807) is 32.4 Å². The summed E-state index contributed by atoms with van der Waals surface area (Å²) in [5.41, 5.74) is 0.785. The molecule has 1 rings (SSSR count). The van der Waals surface area contributed by atoms with Gasteiger partial charge in [0.05, 0.1) is 11.1 Å². The summed E-state index contributed by atoms with van der Waals surface area (Å²) in [5, 5.41) is 2.91. The molecule has 0 saturated heterocycles. The molecule has 0 aliphatic rings. The Morgan fingerprint density at radius 2 is 2.00 bits per heavy atom. The molecule has 1 unspecified atom stereocenters. The molecule has 0 bridgehead atoms. The van der Waals surface area contributed by atoms with Crippen molar-refractivity contribution in [2.75, 3.05) is 27.4 Å². The van der Waals surface area contributed by atoms with Crippen LogP contribution in [0.25, 0.3) is 0 Å². The average molecular weight is 370 g/mol. The Bertz CT molecular complexity index is 441. The van der Waals surface area contributed by atoms with Crippen molar-refractivity contribution >= 4 is 15.9 Å². The van der Waals surface area contributed by atoms with Crippen molar-refractivity contribution < 1.29 is 22.6 Å². The maximum atomic E-state index is 12.3. The van der Waals surface area contributed by atoms with Gasteiger partial charge < -0.3 is 14.8 Å². The second-order valence-electron chi connectivity index (χ2n) is 4.53. The predicted octanol–water partition coefficient (Wildman–Crippen LogP) is 4.08. The highest BCUT2D eigenvalue weighted by atomic mass is 79.9. The second-order valence-corrected chi connectivity index (χ2v) is 5.38. The molecule has 0 radical (unpaired) electrons. The van der Waals surface area contributed by atoms with Crippen LogP contribution in [-0.4, -0.2) is 33.5 Å². The summed E-state index contributed by atoms with van der Waals surface area (Å²) in [6.45, 7) is 0.886. The van der Waals surface area contributed by atoms with Crippen molar-refractivity contribution in [3.8, 4) is 5.75 Å². The van der Waals surface area contributed by atoms with E-state index < -0.39 is 12.6 Å². The van der Waals surface area contributed by atoms with E-state index in [1.807, 2.05) is 0 Å². The largest absolute Gasteiger partial charge is 0.490 e. The van der Waals surface area contributed by atoms with Gasteiger partial charge in [-0.25, -0.2) is 0 Å². The fourth-order valence-corrected chi connectivity index (χ4v) is 2.38. The Morgan fingerprint density at radius 1 is 1.29 bits per heavy atom. The maximum absolute atomic E-state index is 12.3. The minimum absolute atomic E-state index is 0.00365. The van der Waals surface area contributed by atoms with Crippen molar-refractivity contribution in [3.05, 3.63) is 28.2 Å². The summed E-state index contributed by atoms with van der Waals surface area (Å²) >= 11 is 3.37. The first-order chi connectivity index (χ1) is 9.87. The number of hydrogen-bond acceptors (Lipinski definition) is 3. The number of alkyl halides is 3. The van der Waals surface area contributed by atoms with Crippen LogP contribution in [0.4, 0.5) is 13.2 Å². The molecule has 1 aromatic carbocycles. The van der Waals surface area contributed by atoms with E-state index in [4.69, 9.17) is 9.47 Å². The Morgan fingerprint density at radius 3 is 2.52 bits per heavy atom. The summed E-state index contributed by atoms with van der Waals surface area (Å²) in [6.07, 6.45) is -4.96. The van der Waals surface area contributed by atoms with Gasteiger partial charge in [0.15, 0.2) is 0 Å². The van der Waals surface area contributed by atoms with Crippen LogP contribution in [0.3, 0.4) is 0 Å². The van der Waals surface area contributed by atoms with Crippen LogP contribution in [0.5, 0.6) is 5.75 Å². The first kappa shape index (κ1) is 18.3. The van der Waals surface area contributed by atoms with Gasteiger partial charge in [0, 0.05) is 19.6 Å². The number of methoxy groups -OCH3 is 1. The SMILES string of the molecule is CNC(CCC(F)(F)F)c1ccc(OCCOC)c(Br)c1. The Kier molecular flexibility index (Phi) is 7.48. The van der Waals surface area contributed by atoms with Crippen LogP contribution in [0.1, 0.15) is 24.4 Å². The van der Waals surface area contributed by atoms with Crippen molar-refractivity contribution in [2.45, 2.75) is 25.1 Å². The van der Waals surface area contributed by atoms with E-state index in [9.17, 15) is 13.2 Å². The van der Waals surface area contributed by atoms with E-state index in [0.717, 1.165) is 5.56 Å². The van der Waals surface area contributed by atoms with Crippen LogP contribution < -0.4 is 10.1 Å². The number of ether oxygens (including phenoxy) is 2. The molecule has 1 N–H and O–H groups in total. The Hall–Kier alpha value is -0.790. The van der Waals surface area contributed by atoms with E-state index in [2.05, 4.69) is 21.2 Å². The third-order valence-corrected chi connectivity index (χ3v) is 3.59. The van der Waals surface area contributed by atoms with Crippen LogP contribution in [0, 0.1) is 0 Å². The lowest BCUT2D eigenvalue weighted by Crippen LogP contribution is -2.19. The minimum Gasteiger partial charge on any atom is -0.490 e. The molecule has 0 aliphatic heterocycles. The van der Waals surface area contributed by atoms with Gasteiger partial charge in [0.25, 0.3) is 0 Å². The molecule has 120 valence electrons. The lowest BCUT2D eigenvalue weighted by atomic mass is 10.0.